The average molecular weight is 1130 g/mol. The van der Waals surface area contributed by atoms with Gasteiger partial charge in [-0.15, -0.1) is 68.0 Å². The molecule has 0 fully saturated rings. The van der Waals surface area contributed by atoms with Crippen LogP contribution in [0.4, 0.5) is 0 Å². The molecule has 10 heteroatoms. The Morgan fingerprint density at radius 1 is 0.379 bits per heavy atom. The second-order valence-corrected chi connectivity index (χ2v) is 28.1. The third-order valence-corrected chi connectivity index (χ3v) is 21.4. The van der Waals surface area contributed by atoms with Gasteiger partial charge in [-0.1, -0.05) is 182 Å². The fourth-order valence-corrected chi connectivity index (χ4v) is 17.3. The van der Waals surface area contributed by atoms with Gasteiger partial charge in [-0.2, -0.15) is 0 Å². The van der Waals surface area contributed by atoms with Crippen LogP contribution in [0.2, 0.25) is 0 Å². The highest BCUT2D eigenvalue weighted by atomic mass is 79.9. The van der Waals surface area contributed by atoms with Gasteiger partial charge in [0.1, 0.15) is 10.0 Å². The predicted octanol–water partition coefficient (Wildman–Crippen LogP) is 23.1. The van der Waals surface area contributed by atoms with E-state index in [-0.39, 0.29) is 0 Å². The highest BCUT2D eigenvalue weighted by Gasteiger charge is 2.27. The summed E-state index contributed by atoms with van der Waals surface area (Å²) in [4.78, 5) is 19.5. The first kappa shape index (κ1) is 52.6. The number of fused-ring (bicyclic) bond motifs is 2. The molecule has 0 saturated carbocycles. The molecule has 0 bridgehead atoms. The smallest absolute Gasteiger partial charge is 0.134 e. The van der Waals surface area contributed by atoms with Gasteiger partial charge in [-0.25, -0.2) is 9.97 Å². The summed E-state index contributed by atoms with van der Waals surface area (Å²) in [5.41, 5.74) is 4.72. The molecule has 2 unspecified atom stereocenters. The van der Waals surface area contributed by atoms with E-state index in [1.54, 1.807) is 0 Å². The zero-order valence-corrected chi connectivity index (χ0v) is 48.3. The van der Waals surface area contributed by atoms with E-state index in [1.165, 1.54) is 217 Å². The molecule has 0 radical (unpaired) electrons. The number of halogens is 2. The van der Waals surface area contributed by atoms with E-state index in [4.69, 9.17) is 9.97 Å². The lowest BCUT2D eigenvalue weighted by Gasteiger charge is -2.16. The Bertz CT molecular complexity index is 2260. The molecule has 7 rings (SSSR count). The van der Waals surface area contributed by atoms with Crippen molar-refractivity contribution in [3.05, 3.63) is 65.9 Å². The van der Waals surface area contributed by atoms with Gasteiger partial charge in [-0.05, 0) is 105 Å². The number of benzene rings is 1. The van der Waals surface area contributed by atoms with Gasteiger partial charge in [0.15, 0.2) is 0 Å². The predicted molar refractivity (Wildman–Crippen MR) is 309 cm³/mol. The Hall–Kier alpha value is -1.24. The number of rotatable bonds is 32. The van der Waals surface area contributed by atoms with E-state index in [0.717, 1.165) is 40.5 Å². The van der Waals surface area contributed by atoms with Crippen LogP contribution in [0.15, 0.2) is 56.1 Å². The van der Waals surface area contributed by atoms with Crippen molar-refractivity contribution in [3.63, 3.8) is 0 Å². The molecule has 2 nitrogen and oxygen atoms in total. The van der Waals surface area contributed by atoms with E-state index in [0.29, 0.717) is 0 Å². The molecule has 7 aromatic rings. The molecular weight excluding hydrogens is 1050 g/mol. The lowest BCUT2D eigenvalue weighted by atomic mass is 9.91. The monoisotopic (exact) mass is 1120 g/mol. The summed E-state index contributed by atoms with van der Waals surface area (Å²) in [7, 11) is 0. The van der Waals surface area contributed by atoms with Crippen molar-refractivity contribution >= 4 is 120 Å². The molecule has 0 spiro atoms. The molecule has 0 aliphatic carbocycles. The topological polar surface area (TPSA) is 25.8 Å². The third-order valence-electron chi connectivity index (χ3n) is 13.4. The van der Waals surface area contributed by atoms with Gasteiger partial charge in [0.25, 0.3) is 0 Å². The largest absolute Gasteiger partial charge is 0.234 e. The molecule has 1 aromatic carbocycles. The minimum atomic E-state index is 0.774. The quantitative estimate of drug-likeness (QED) is 0.0393. The first-order valence-corrected chi connectivity index (χ1v) is 32.3. The summed E-state index contributed by atoms with van der Waals surface area (Å²) in [5.74, 6) is 1.55. The number of nitrogens with zero attached hydrogens (tertiary/aromatic N) is 2. The maximum atomic E-state index is 5.65. The van der Waals surface area contributed by atoms with Crippen LogP contribution in [0.5, 0.6) is 0 Å². The fourth-order valence-electron chi connectivity index (χ4n) is 9.72. The highest BCUT2D eigenvalue weighted by molar-refractivity contribution is 9.11. The van der Waals surface area contributed by atoms with Crippen molar-refractivity contribution < 1.29 is 0 Å². The second kappa shape index (κ2) is 28.0. The first-order chi connectivity index (χ1) is 32.4. The van der Waals surface area contributed by atoms with E-state index in [1.807, 2.05) is 68.0 Å². The van der Waals surface area contributed by atoms with E-state index < -0.39 is 0 Å². The SMILES string of the molecule is CCCCCCCCC(CCCCCC)Cc1ccc(-c2nc3c(-c4ccc(Br)s4)c4sc(-c5ccc(CC(CCCCCC)CCCCCCCC)s5)nc4c(-c4ccc(Br)s4)c3s2)s1. The van der Waals surface area contributed by atoms with Gasteiger partial charge in [-0.3, -0.25) is 0 Å². The Labute approximate surface area is 439 Å². The number of thiazole rings is 2. The Morgan fingerprint density at radius 3 is 1.06 bits per heavy atom. The summed E-state index contributed by atoms with van der Waals surface area (Å²) >= 11 is 19.0. The van der Waals surface area contributed by atoms with Crippen LogP contribution in [0.1, 0.15) is 192 Å². The minimum absolute atomic E-state index is 0.774. The highest BCUT2D eigenvalue weighted by Crippen LogP contribution is 2.53. The van der Waals surface area contributed by atoms with E-state index in [9.17, 15) is 0 Å². The summed E-state index contributed by atoms with van der Waals surface area (Å²) in [6, 6.07) is 18.5. The van der Waals surface area contributed by atoms with E-state index in [2.05, 4.69) is 108 Å². The van der Waals surface area contributed by atoms with Crippen LogP contribution in [0.3, 0.4) is 0 Å². The molecule has 6 aromatic heterocycles. The van der Waals surface area contributed by atoms with Crippen molar-refractivity contribution in [2.75, 3.05) is 0 Å². The van der Waals surface area contributed by atoms with Crippen molar-refractivity contribution in [2.45, 2.75) is 195 Å². The molecule has 0 N–H and O–H groups in total. The van der Waals surface area contributed by atoms with Crippen LogP contribution in [0, 0.1) is 11.8 Å². The normalized spacial score (nSPS) is 12.9. The summed E-state index contributed by atoms with van der Waals surface area (Å²) in [6.07, 6.45) is 35.2. The molecule has 0 saturated heterocycles. The average Bonchev–Trinajstić information content (AvgIpc) is 4.19. The third kappa shape index (κ3) is 14.9. The first-order valence-electron chi connectivity index (χ1n) is 25.8. The van der Waals surface area contributed by atoms with Crippen LogP contribution in [-0.4, -0.2) is 9.97 Å². The molecule has 358 valence electrons. The zero-order chi connectivity index (χ0) is 46.1. The Morgan fingerprint density at radius 2 is 0.712 bits per heavy atom. The Balaban J connectivity index is 1.20. The maximum absolute atomic E-state index is 5.65. The summed E-state index contributed by atoms with van der Waals surface area (Å²) < 4.78 is 4.79. The summed E-state index contributed by atoms with van der Waals surface area (Å²) in [5, 5.41) is 2.27. The van der Waals surface area contributed by atoms with Crippen LogP contribution in [-0.2, 0) is 12.8 Å². The lowest BCUT2D eigenvalue weighted by Crippen LogP contribution is -2.04. The number of thiophene rings is 4. The van der Waals surface area contributed by atoms with Gasteiger partial charge in [0.2, 0.25) is 0 Å². The van der Waals surface area contributed by atoms with Crippen LogP contribution in [0.25, 0.3) is 61.1 Å². The number of unbranched alkanes of at least 4 members (excludes halogenated alkanes) is 16. The Kier molecular flexibility index (Phi) is 22.3. The second-order valence-electron chi connectivity index (χ2n) is 18.8. The molecule has 0 aliphatic rings. The fraction of sp³-hybridized carbons (Fsp3) is 0.571. The van der Waals surface area contributed by atoms with Gasteiger partial charge < -0.3 is 0 Å². The van der Waals surface area contributed by atoms with Crippen molar-refractivity contribution in [1.82, 2.24) is 9.97 Å². The van der Waals surface area contributed by atoms with Gasteiger partial charge >= 0.3 is 0 Å². The summed E-state index contributed by atoms with van der Waals surface area (Å²) in [6.45, 7) is 9.29. The lowest BCUT2D eigenvalue weighted by molar-refractivity contribution is 0.404. The molecule has 0 amide bonds. The number of hydrogen-bond donors (Lipinski definition) is 0. The van der Waals surface area contributed by atoms with Crippen LogP contribution >= 0.6 is 99.9 Å². The van der Waals surface area contributed by atoms with Gasteiger partial charge in [0.05, 0.1) is 37.8 Å². The molecule has 66 heavy (non-hydrogen) atoms. The molecule has 0 aliphatic heterocycles. The minimum Gasteiger partial charge on any atom is -0.234 e. The van der Waals surface area contributed by atoms with Gasteiger partial charge in [0, 0.05) is 30.6 Å². The molecular formula is C56H74Br2N2S6. The van der Waals surface area contributed by atoms with Crippen molar-refractivity contribution in [1.29, 1.82) is 0 Å². The number of aromatic nitrogens is 2. The maximum Gasteiger partial charge on any atom is 0.134 e. The zero-order valence-electron chi connectivity index (χ0n) is 40.3. The van der Waals surface area contributed by atoms with Crippen molar-refractivity contribution in [3.8, 4) is 40.7 Å². The standard InChI is InChI=1S/C56H74Br2N2S6/c1-5-9-13-17-19-23-27-39(25-21-15-11-7-3)37-41-29-31-45(61-41)55-59-51-49(43-33-35-47(57)63-43)54-52(50(53(51)65-55)44-34-36-48(58)64-44)60-56(66-54)46-32-30-42(62-46)38-40(26-22-16-12-8-4)28-24-20-18-14-10-6-2/h29-36,39-40H,5-28,37-38H2,1-4H3. The molecule has 6 heterocycles. The van der Waals surface area contributed by atoms with E-state index >= 15 is 0 Å². The number of hydrogen-bond acceptors (Lipinski definition) is 8. The van der Waals surface area contributed by atoms with Crippen molar-refractivity contribution in [2.24, 2.45) is 11.8 Å². The molecule has 2 atom stereocenters. The van der Waals surface area contributed by atoms with Crippen LogP contribution < -0.4 is 0 Å².